The fourth-order valence-electron chi connectivity index (χ4n) is 2.25. The van der Waals surface area contributed by atoms with Gasteiger partial charge in [0.2, 0.25) is 5.91 Å². The van der Waals surface area contributed by atoms with Crippen molar-refractivity contribution in [2.45, 2.75) is 32.2 Å². The number of aliphatic carboxylic acids is 1. The van der Waals surface area contributed by atoms with Gasteiger partial charge in [-0.15, -0.1) is 0 Å². The molecular formula is C12H16N2O4. The molecule has 18 heavy (non-hydrogen) atoms. The van der Waals surface area contributed by atoms with Gasteiger partial charge in [0, 0.05) is 12.0 Å². The molecule has 1 aliphatic carbocycles. The normalized spacial score (nSPS) is 23.6. The Kier molecular flexibility index (Phi) is 3.96. The van der Waals surface area contributed by atoms with Crippen molar-refractivity contribution >= 4 is 11.9 Å². The van der Waals surface area contributed by atoms with Gasteiger partial charge in [0.1, 0.15) is 0 Å². The van der Waals surface area contributed by atoms with Crippen LogP contribution in [0.1, 0.15) is 31.4 Å². The molecule has 0 unspecified atom stereocenters. The van der Waals surface area contributed by atoms with E-state index in [-0.39, 0.29) is 17.7 Å². The number of nitrogens with zero attached hydrogens (tertiary/aromatic N) is 1. The van der Waals surface area contributed by atoms with Crippen LogP contribution in [0.25, 0.3) is 0 Å². The zero-order valence-corrected chi connectivity index (χ0v) is 9.96. The van der Waals surface area contributed by atoms with Crippen LogP contribution in [0.3, 0.4) is 0 Å². The van der Waals surface area contributed by atoms with Crippen LogP contribution in [0.2, 0.25) is 0 Å². The third-order valence-corrected chi connectivity index (χ3v) is 3.38. The maximum Gasteiger partial charge on any atom is 0.306 e. The molecule has 0 bridgehead atoms. The van der Waals surface area contributed by atoms with Crippen molar-refractivity contribution in [2.24, 2.45) is 11.8 Å². The van der Waals surface area contributed by atoms with E-state index in [0.717, 1.165) is 0 Å². The Morgan fingerprint density at radius 2 is 2.00 bits per heavy atom. The van der Waals surface area contributed by atoms with E-state index in [4.69, 9.17) is 9.63 Å². The Labute approximate surface area is 104 Å². The highest BCUT2D eigenvalue weighted by molar-refractivity contribution is 5.79. The number of hydrogen-bond acceptors (Lipinski definition) is 4. The molecule has 1 amide bonds. The van der Waals surface area contributed by atoms with Gasteiger partial charge in [-0.25, -0.2) is 0 Å². The van der Waals surface area contributed by atoms with E-state index in [0.29, 0.717) is 38.0 Å². The molecule has 98 valence electrons. The van der Waals surface area contributed by atoms with Crippen LogP contribution in [0.4, 0.5) is 0 Å². The van der Waals surface area contributed by atoms with E-state index < -0.39 is 5.97 Å². The van der Waals surface area contributed by atoms with E-state index in [1.807, 2.05) is 0 Å². The summed E-state index contributed by atoms with van der Waals surface area (Å²) in [6.07, 6.45) is 3.96. The molecule has 0 spiro atoms. The first kappa shape index (κ1) is 12.6. The summed E-state index contributed by atoms with van der Waals surface area (Å²) in [4.78, 5) is 22.6. The quantitative estimate of drug-likeness (QED) is 0.839. The molecule has 1 saturated carbocycles. The van der Waals surface area contributed by atoms with Gasteiger partial charge in [0.05, 0.1) is 18.7 Å². The van der Waals surface area contributed by atoms with Gasteiger partial charge >= 0.3 is 5.97 Å². The van der Waals surface area contributed by atoms with E-state index in [2.05, 4.69) is 10.5 Å². The van der Waals surface area contributed by atoms with Crippen molar-refractivity contribution in [1.82, 2.24) is 10.5 Å². The van der Waals surface area contributed by atoms with E-state index in [9.17, 15) is 9.59 Å². The first-order valence-electron chi connectivity index (χ1n) is 6.07. The molecule has 0 aromatic carbocycles. The van der Waals surface area contributed by atoms with Crippen molar-refractivity contribution in [3.05, 3.63) is 18.0 Å². The lowest BCUT2D eigenvalue weighted by atomic mass is 9.81. The van der Waals surface area contributed by atoms with Gasteiger partial charge in [0.15, 0.2) is 5.76 Å². The first-order chi connectivity index (χ1) is 8.66. The lowest BCUT2D eigenvalue weighted by Gasteiger charge is -2.24. The minimum absolute atomic E-state index is 0.0322. The molecule has 2 N–H and O–H groups in total. The van der Waals surface area contributed by atoms with Crippen LogP contribution >= 0.6 is 0 Å². The second-order valence-electron chi connectivity index (χ2n) is 4.58. The Morgan fingerprint density at radius 1 is 1.33 bits per heavy atom. The molecular weight excluding hydrogens is 236 g/mol. The molecule has 1 aromatic heterocycles. The van der Waals surface area contributed by atoms with E-state index in [1.54, 1.807) is 6.07 Å². The van der Waals surface area contributed by atoms with Crippen LogP contribution in [0.15, 0.2) is 16.8 Å². The monoisotopic (exact) mass is 252 g/mol. The number of rotatable bonds is 4. The lowest BCUT2D eigenvalue weighted by Crippen LogP contribution is -2.34. The maximum absolute atomic E-state index is 11.8. The number of hydrogen-bond donors (Lipinski definition) is 2. The SMILES string of the molecule is O=C(O)C1CCC(C(=O)NCc2ccno2)CC1. The van der Waals surface area contributed by atoms with Gasteiger partial charge in [-0.05, 0) is 25.7 Å². The molecule has 1 heterocycles. The number of amides is 1. The topological polar surface area (TPSA) is 92.4 Å². The zero-order chi connectivity index (χ0) is 13.0. The van der Waals surface area contributed by atoms with Gasteiger partial charge in [-0.3, -0.25) is 9.59 Å². The van der Waals surface area contributed by atoms with Gasteiger partial charge in [0.25, 0.3) is 0 Å². The highest BCUT2D eigenvalue weighted by Crippen LogP contribution is 2.29. The van der Waals surface area contributed by atoms with E-state index >= 15 is 0 Å². The molecule has 0 radical (unpaired) electrons. The summed E-state index contributed by atoms with van der Waals surface area (Å²) in [5.41, 5.74) is 0. The van der Waals surface area contributed by atoms with Crippen molar-refractivity contribution in [1.29, 1.82) is 0 Å². The average molecular weight is 252 g/mol. The van der Waals surface area contributed by atoms with Crippen molar-refractivity contribution < 1.29 is 19.2 Å². The molecule has 1 aromatic rings. The number of carbonyl (C=O) groups excluding carboxylic acids is 1. The van der Waals surface area contributed by atoms with E-state index in [1.165, 1.54) is 6.20 Å². The minimum Gasteiger partial charge on any atom is -0.481 e. The summed E-state index contributed by atoms with van der Waals surface area (Å²) in [7, 11) is 0. The number of aromatic nitrogens is 1. The molecule has 6 nitrogen and oxygen atoms in total. The second kappa shape index (κ2) is 5.66. The second-order valence-corrected chi connectivity index (χ2v) is 4.58. The Bertz CT molecular complexity index is 408. The van der Waals surface area contributed by atoms with Crippen molar-refractivity contribution in [2.75, 3.05) is 0 Å². The minimum atomic E-state index is -0.754. The van der Waals surface area contributed by atoms with Crippen LogP contribution < -0.4 is 5.32 Å². The third-order valence-electron chi connectivity index (χ3n) is 3.38. The fraction of sp³-hybridized carbons (Fsp3) is 0.583. The summed E-state index contributed by atoms with van der Waals surface area (Å²) in [5, 5.41) is 15.2. The Morgan fingerprint density at radius 3 is 2.56 bits per heavy atom. The predicted octanol–water partition coefficient (Wildman–Crippen LogP) is 1.18. The van der Waals surface area contributed by atoms with Gasteiger partial charge < -0.3 is 14.9 Å². The molecule has 0 saturated heterocycles. The summed E-state index contributed by atoms with van der Waals surface area (Å²) >= 11 is 0. The number of carboxylic acids is 1. The van der Waals surface area contributed by atoms with Crippen LogP contribution in [-0.2, 0) is 16.1 Å². The highest BCUT2D eigenvalue weighted by atomic mass is 16.5. The molecule has 2 rings (SSSR count). The van der Waals surface area contributed by atoms with Gasteiger partial charge in [-0.2, -0.15) is 0 Å². The highest BCUT2D eigenvalue weighted by Gasteiger charge is 2.29. The molecule has 1 fully saturated rings. The number of nitrogens with one attached hydrogen (secondary N) is 1. The standard InChI is InChI=1S/C12H16N2O4/c15-11(13-7-10-5-6-14-18-10)8-1-3-9(4-2-8)12(16)17/h5-6,8-9H,1-4,7H2,(H,13,15)(H,16,17). The van der Waals surface area contributed by atoms with Crippen molar-refractivity contribution in [3.63, 3.8) is 0 Å². The third kappa shape index (κ3) is 3.09. The van der Waals surface area contributed by atoms with Crippen LogP contribution in [0.5, 0.6) is 0 Å². The first-order valence-corrected chi connectivity index (χ1v) is 6.07. The zero-order valence-electron chi connectivity index (χ0n) is 9.96. The maximum atomic E-state index is 11.8. The lowest BCUT2D eigenvalue weighted by molar-refractivity contribution is -0.144. The fourth-order valence-corrected chi connectivity index (χ4v) is 2.25. The molecule has 6 heteroatoms. The van der Waals surface area contributed by atoms with Crippen LogP contribution in [-0.4, -0.2) is 22.1 Å². The summed E-state index contributed by atoms with van der Waals surface area (Å²) < 4.78 is 4.88. The van der Waals surface area contributed by atoms with Crippen molar-refractivity contribution in [3.8, 4) is 0 Å². The molecule has 0 atom stereocenters. The predicted molar refractivity (Wildman–Crippen MR) is 61.4 cm³/mol. The van der Waals surface area contributed by atoms with Gasteiger partial charge in [-0.1, -0.05) is 5.16 Å². The number of carbonyl (C=O) groups is 2. The molecule has 0 aliphatic heterocycles. The molecule has 1 aliphatic rings. The smallest absolute Gasteiger partial charge is 0.306 e. The Hall–Kier alpha value is -1.85. The Balaban J connectivity index is 1.75. The summed E-state index contributed by atoms with van der Waals surface area (Å²) in [6, 6.07) is 1.70. The average Bonchev–Trinajstić information content (AvgIpc) is 2.89. The largest absolute Gasteiger partial charge is 0.481 e. The van der Waals surface area contributed by atoms with Crippen LogP contribution in [0, 0.1) is 11.8 Å². The summed E-state index contributed by atoms with van der Waals surface area (Å²) in [6.45, 7) is 0.331. The summed E-state index contributed by atoms with van der Waals surface area (Å²) in [5.74, 6) is -0.542. The number of carboxylic acid groups (broad SMARTS) is 1.